The molecule has 22 heavy (non-hydrogen) atoms. The molecule has 0 atom stereocenters. The fourth-order valence-corrected chi connectivity index (χ4v) is 3.71. The van der Waals surface area contributed by atoms with Gasteiger partial charge >= 0.3 is 0 Å². The third kappa shape index (κ3) is 2.23. The lowest BCUT2D eigenvalue weighted by molar-refractivity contribution is -0.130. The summed E-state index contributed by atoms with van der Waals surface area (Å²) in [6.07, 6.45) is 5.63. The van der Waals surface area contributed by atoms with E-state index in [1.165, 1.54) is 0 Å². The quantitative estimate of drug-likeness (QED) is 0.846. The second-order valence-corrected chi connectivity index (χ2v) is 6.27. The lowest BCUT2D eigenvalue weighted by Gasteiger charge is -2.37. The number of aromatic nitrogens is 3. The van der Waals surface area contributed by atoms with Crippen molar-refractivity contribution >= 4 is 17.4 Å². The van der Waals surface area contributed by atoms with Crippen molar-refractivity contribution in [2.45, 2.75) is 38.6 Å². The molecule has 1 amide bonds. The van der Waals surface area contributed by atoms with Gasteiger partial charge in [0.05, 0.1) is 6.20 Å². The molecule has 0 aliphatic carbocycles. The van der Waals surface area contributed by atoms with Crippen LogP contribution < -0.4 is 4.90 Å². The summed E-state index contributed by atoms with van der Waals surface area (Å²) in [4.78, 5) is 20.9. The Labute approximate surface area is 129 Å². The van der Waals surface area contributed by atoms with Crippen molar-refractivity contribution in [3.8, 4) is 0 Å². The number of anilines is 1. The molecular formula is C16H21N5O. The van der Waals surface area contributed by atoms with Crippen LogP contribution in [0.1, 0.15) is 31.4 Å². The van der Waals surface area contributed by atoms with Gasteiger partial charge in [0.1, 0.15) is 5.82 Å². The van der Waals surface area contributed by atoms with Gasteiger partial charge in [-0.2, -0.15) is 9.61 Å². The minimum Gasteiger partial charge on any atom is -0.356 e. The molecule has 6 heteroatoms. The Morgan fingerprint density at radius 2 is 2.05 bits per heavy atom. The summed E-state index contributed by atoms with van der Waals surface area (Å²) in [5.74, 6) is 1.45. The van der Waals surface area contributed by atoms with E-state index in [9.17, 15) is 4.79 Å². The Morgan fingerprint density at radius 3 is 2.77 bits per heavy atom. The number of nitrogens with zero attached hydrogens (tertiary/aromatic N) is 5. The Morgan fingerprint density at radius 1 is 1.23 bits per heavy atom. The summed E-state index contributed by atoms with van der Waals surface area (Å²) >= 11 is 0. The van der Waals surface area contributed by atoms with Crippen LogP contribution in [0.15, 0.2) is 18.3 Å². The van der Waals surface area contributed by atoms with Crippen molar-refractivity contribution < 1.29 is 4.79 Å². The van der Waals surface area contributed by atoms with Gasteiger partial charge in [-0.25, -0.2) is 4.98 Å². The minimum atomic E-state index is 0.340. The first-order valence-electron chi connectivity index (χ1n) is 8.08. The van der Waals surface area contributed by atoms with E-state index in [-0.39, 0.29) is 0 Å². The van der Waals surface area contributed by atoms with Crippen molar-refractivity contribution in [2.75, 3.05) is 24.5 Å². The standard InChI is InChI=1S/C16H21N5O/c1-12-11-15(21-14(18-12)4-7-17-21)19-9-5-13(6-10-19)20-8-2-3-16(20)22/h4,7,11,13H,2-3,5-6,8-10H2,1H3. The number of carbonyl (C=O) groups is 1. The second-order valence-electron chi connectivity index (χ2n) is 6.27. The van der Waals surface area contributed by atoms with E-state index in [2.05, 4.69) is 25.9 Å². The summed E-state index contributed by atoms with van der Waals surface area (Å²) in [7, 11) is 0. The van der Waals surface area contributed by atoms with Crippen LogP contribution in [0, 0.1) is 6.92 Å². The summed E-state index contributed by atoms with van der Waals surface area (Å²) in [6, 6.07) is 4.45. The maximum absolute atomic E-state index is 11.9. The van der Waals surface area contributed by atoms with Crippen LogP contribution in [0.25, 0.3) is 5.65 Å². The first kappa shape index (κ1) is 13.5. The lowest BCUT2D eigenvalue weighted by Crippen LogP contribution is -2.45. The van der Waals surface area contributed by atoms with Crippen LogP contribution in [0.5, 0.6) is 0 Å². The molecule has 0 spiro atoms. The zero-order chi connectivity index (χ0) is 15.1. The van der Waals surface area contributed by atoms with Crippen molar-refractivity contribution in [1.82, 2.24) is 19.5 Å². The van der Waals surface area contributed by atoms with Gasteiger partial charge in [-0.05, 0) is 26.2 Å². The predicted octanol–water partition coefficient (Wildman–Crippen LogP) is 1.63. The number of carbonyl (C=O) groups excluding carboxylic acids is 1. The van der Waals surface area contributed by atoms with E-state index in [4.69, 9.17) is 0 Å². The van der Waals surface area contributed by atoms with E-state index in [0.717, 1.165) is 62.5 Å². The number of hydrogen-bond donors (Lipinski definition) is 0. The number of rotatable bonds is 2. The van der Waals surface area contributed by atoms with Gasteiger partial charge in [0.25, 0.3) is 0 Å². The molecule has 2 aliphatic heterocycles. The predicted molar refractivity (Wildman–Crippen MR) is 83.9 cm³/mol. The molecule has 4 rings (SSSR count). The molecule has 2 aromatic heterocycles. The average molecular weight is 299 g/mol. The SMILES string of the molecule is Cc1cc(N2CCC(N3CCCC3=O)CC2)n2nccc2n1. The number of likely N-dealkylation sites (tertiary alicyclic amines) is 1. The van der Waals surface area contributed by atoms with Gasteiger partial charge in [-0.1, -0.05) is 0 Å². The Hall–Kier alpha value is -2.11. The van der Waals surface area contributed by atoms with E-state index in [1.54, 1.807) is 6.20 Å². The van der Waals surface area contributed by atoms with Crippen LogP contribution in [0.3, 0.4) is 0 Å². The second kappa shape index (κ2) is 5.26. The Balaban J connectivity index is 1.53. The fraction of sp³-hybridized carbons (Fsp3) is 0.562. The monoisotopic (exact) mass is 299 g/mol. The number of fused-ring (bicyclic) bond motifs is 1. The molecule has 0 unspecified atom stereocenters. The third-order valence-electron chi connectivity index (χ3n) is 4.81. The molecule has 6 nitrogen and oxygen atoms in total. The highest BCUT2D eigenvalue weighted by molar-refractivity contribution is 5.78. The van der Waals surface area contributed by atoms with Gasteiger partial charge in [-0.15, -0.1) is 0 Å². The lowest BCUT2D eigenvalue weighted by atomic mass is 10.0. The van der Waals surface area contributed by atoms with Crippen LogP contribution in [-0.4, -0.2) is 51.1 Å². The van der Waals surface area contributed by atoms with Crippen LogP contribution in [0.2, 0.25) is 0 Å². The molecule has 0 N–H and O–H groups in total. The van der Waals surface area contributed by atoms with Gasteiger partial charge < -0.3 is 9.80 Å². The highest BCUT2D eigenvalue weighted by atomic mass is 16.2. The number of amides is 1. The van der Waals surface area contributed by atoms with E-state index in [1.807, 2.05) is 17.5 Å². The third-order valence-corrected chi connectivity index (χ3v) is 4.81. The highest BCUT2D eigenvalue weighted by Crippen LogP contribution is 2.26. The first-order chi connectivity index (χ1) is 10.7. The molecule has 2 aliphatic rings. The fourth-order valence-electron chi connectivity index (χ4n) is 3.71. The van der Waals surface area contributed by atoms with Crippen molar-refractivity contribution in [1.29, 1.82) is 0 Å². The smallest absolute Gasteiger partial charge is 0.222 e. The molecular weight excluding hydrogens is 278 g/mol. The van der Waals surface area contributed by atoms with E-state index in [0.29, 0.717) is 11.9 Å². The Bertz CT molecular complexity index is 702. The molecule has 2 fully saturated rings. The molecule has 0 bridgehead atoms. The maximum Gasteiger partial charge on any atom is 0.222 e. The van der Waals surface area contributed by atoms with Gasteiger partial charge in [0.15, 0.2) is 5.65 Å². The molecule has 0 saturated carbocycles. The molecule has 116 valence electrons. The van der Waals surface area contributed by atoms with Crippen molar-refractivity contribution in [3.05, 3.63) is 24.0 Å². The number of hydrogen-bond acceptors (Lipinski definition) is 4. The van der Waals surface area contributed by atoms with Gasteiger partial charge in [-0.3, -0.25) is 4.79 Å². The summed E-state index contributed by atoms with van der Waals surface area (Å²) < 4.78 is 1.91. The number of piperidine rings is 1. The average Bonchev–Trinajstić information content (AvgIpc) is 3.15. The van der Waals surface area contributed by atoms with Crippen LogP contribution in [-0.2, 0) is 4.79 Å². The van der Waals surface area contributed by atoms with E-state index < -0.39 is 0 Å². The van der Waals surface area contributed by atoms with Gasteiger partial charge in [0.2, 0.25) is 5.91 Å². The molecule has 0 aromatic carbocycles. The molecule has 2 saturated heterocycles. The van der Waals surface area contributed by atoms with Crippen molar-refractivity contribution in [2.24, 2.45) is 0 Å². The largest absolute Gasteiger partial charge is 0.356 e. The normalized spacial score (nSPS) is 20.3. The first-order valence-corrected chi connectivity index (χ1v) is 8.08. The maximum atomic E-state index is 11.9. The molecule has 2 aromatic rings. The zero-order valence-corrected chi connectivity index (χ0v) is 12.9. The summed E-state index contributed by atoms with van der Waals surface area (Å²) in [6.45, 7) is 4.90. The van der Waals surface area contributed by atoms with Crippen molar-refractivity contribution in [3.63, 3.8) is 0 Å². The van der Waals surface area contributed by atoms with Crippen LogP contribution >= 0.6 is 0 Å². The molecule has 4 heterocycles. The van der Waals surface area contributed by atoms with Crippen LogP contribution in [0.4, 0.5) is 5.82 Å². The topological polar surface area (TPSA) is 53.7 Å². The summed E-state index contributed by atoms with van der Waals surface area (Å²) in [5, 5.41) is 4.39. The zero-order valence-electron chi connectivity index (χ0n) is 12.9. The highest BCUT2D eigenvalue weighted by Gasteiger charge is 2.31. The Kier molecular flexibility index (Phi) is 3.24. The number of aryl methyl sites for hydroxylation is 1. The van der Waals surface area contributed by atoms with E-state index >= 15 is 0 Å². The minimum absolute atomic E-state index is 0.340. The van der Waals surface area contributed by atoms with Gasteiger partial charge in [0, 0.05) is 49.9 Å². The summed E-state index contributed by atoms with van der Waals surface area (Å²) in [5.41, 5.74) is 1.91. The molecule has 0 radical (unpaired) electrons.